The summed E-state index contributed by atoms with van der Waals surface area (Å²) < 4.78 is 66.7. The Bertz CT molecular complexity index is 550. The molecule has 8 heteroatoms. The molecule has 0 saturated carbocycles. The minimum absolute atomic E-state index is 0.231. The maximum absolute atomic E-state index is 13.7. The largest absolute Gasteiger partial charge is 0.300 e. The van der Waals surface area contributed by atoms with Gasteiger partial charge in [-0.05, 0) is 6.92 Å². The van der Waals surface area contributed by atoms with Crippen molar-refractivity contribution in [2.45, 2.75) is 25.0 Å². The highest BCUT2D eigenvalue weighted by molar-refractivity contribution is 5.62. The third kappa shape index (κ3) is 2.08. The molecule has 2 atom stereocenters. The standard InChI is InChI=1S/C12H10F5NO2/c1-12(4-19)3-5(18(2)20-12)6-7(13)9(15)11(17)10(16)8(6)14/h4-5H,3H2,1-2H3/t5-,12+/m1/s1. The predicted octanol–water partition coefficient (Wildman–Crippen LogP) is 2.65. The van der Waals surface area contributed by atoms with E-state index in [0.717, 1.165) is 5.06 Å². The molecule has 1 saturated heterocycles. The van der Waals surface area contributed by atoms with Gasteiger partial charge < -0.3 is 4.79 Å². The number of aldehydes is 1. The lowest BCUT2D eigenvalue weighted by Crippen LogP contribution is -2.27. The van der Waals surface area contributed by atoms with Gasteiger partial charge in [-0.1, -0.05) is 0 Å². The molecule has 2 rings (SSSR count). The van der Waals surface area contributed by atoms with Crippen molar-refractivity contribution in [2.24, 2.45) is 0 Å². The maximum atomic E-state index is 13.7. The van der Waals surface area contributed by atoms with Crippen molar-refractivity contribution >= 4 is 6.29 Å². The van der Waals surface area contributed by atoms with Crippen LogP contribution in [0.2, 0.25) is 0 Å². The van der Waals surface area contributed by atoms with E-state index in [1.807, 2.05) is 0 Å². The fourth-order valence-corrected chi connectivity index (χ4v) is 2.21. The first-order chi connectivity index (χ1) is 9.22. The van der Waals surface area contributed by atoms with Crippen molar-refractivity contribution in [3.8, 4) is 0 Å². The van der Waals surface area contributed by atoms with Crippen molar-refractivity contribution < 1.29 is 31.6 Å². The number of nitrogens with zero attached hydrogens (tertiary/aromatic N) is 1. The zero-order valence-corrected chi connectivity index (χ0v) is 10.5. The van der Waals surface area contributed by atoms with E-state index >= 15 is 0 Å². The van der Waals surface area contributed by atoms with Crippen LogP contribution in [0.4, 0.5) is 22.0 Å². The van der Waals surface area contributed by atoms with Crippen LogP contribution in [0, 0.1) is 29.1 Å². The van der Waals surface area contributed by atoms with Crippen LogP contribution in [-0.4, -0.2) is 24.0 Å². The van der Waals surface area contributed by atoms with Gasteiger partial charge in [-0.15, -0.1) is 0 Å². The summed E-state index contributed by atoms with van der Waals surface area (Å²) in [5.41, 5.74) is -2.38. The predicted molar refractivity (Wildman–Crippen MR) is 56.9 cm³/mol. The van der Waals surface area contributed by atoms with E-state index in [1.54, 1.807) is 0 Å². The van der Waals surface area contributed by atoms with E-state index in [2.05, 4.69) is 0 Å². The highest BCUT2D eigenvalue weighted by Gasteiger charge is 2.45. The molecule has 1 aromatic rings. The van der Waals surface area contributed by atoms with Crippen LogP contribution in [-0.2, 0) is 9.63 Å². The SMILES string of the molecule is CN1O[C@](C)(C=O)C[C@@H]1c1c(F)c(F)c(F)c(F)c1F. The minimum Gasteiger partial charge on any atom is -0.300 e. The highest BCUT2D eigenvalue weighted by atomic mass is 19.2. The molecule has 1 heterocycles. The van der Waals surface area contributed by atoms with E-state index in [4.69, 9.17) is 4.84 Å². The minimum atomic E-state index is -2.22. The second kappa shape index (κ2) is 4.78. The van der Waals surface area contributed by atoms with Gasteiger partial charge >= 0.3 is 0 Å². The monoisotopic (exact) mass is 295 g/mol. The van der Waals surface area contributed by atoms with Gasteiger partial charge in [0.1, 0.15) is 5.60 Å². The smallest absolute Gasteiger partial charge is 0.200 e. The topological polar surface area (TPSA) is 29.5 Å². The van der Waals surface area contributed by atoms with Gasteiger partial charge in [0.25, 0.3) is 0 Å². The summed E-state index contributed by atoms with van der Waals surface area (Å²) in [6, 6.07) is -1.25. The van der Waals surface area contributed by atoms with Gasteiger partial charge in [0.05, 0.1) is 6.04 Å². The zero-order valence-electron chi connectivity index (χ0n) is 10.5. The first kappa shape index (κ1) is 14.9. The molecular weight excluding hydrogens is 285 g/mol. The Morgan fingerprint density at radius 1 is 1.10 bits per heavy atom. The van der Waals surface area contributed by atoms with Crippen LogP contribution in [0.3, 0.4) is 0 Å². The van der Waals surface area contributed by atoms with E-state index < -0.39 is 46.3 Å². The molecule has 0 bridgehead atoms. The molecule has 0 N–H and O–H groups in total. The zero-order chi connectivity index (χ0) is 15.2. The second-order valence-electron chi connectivity index (χ2n) is 4.77. The Hall–Kier alpha value is -1.54. The van der Waals surface area contributed by atoms with Gasteiger partial charge in [0, 0.05) is 19.0 Å². The molecule has 20 heavy (non-hydrogen) atoms. The number of hydrogen-bond donors (Lipinski definition) is 0. The fraction of sp³-hybridized carbons (Fsp3) is 0.417. The Morgan fingerprint density at radius 3 is 1.95 bits per heavy atom. The molecule has 1 aliphatic rings. The molecule has 0 aromatic heterocycles. The third-order valence-corrected chi connectivity index (χ3v) is 3.22. The quantitative estimate of drug-likeness (QED) is 0.363. The summed E-state index contributed by atoms with van der Waals surface area (Å²) in [5, 5.41) is 0.909. The van der Waals surface area contributed by atoms with Crippen LogP contribution in [0.5, 0.6) is 0 Å². The van der Waals surface area contributed by atoms with Crippen molar-refractivity contribution in [1.82, 2.24) is 5.06 Å². The van der Waals surface area contributed by atoms with Crippen LogP contribution >= 0.6 is 0 Å². The summed E-state index contributed by atoms with van der Waals surface area (Å²) >= 11 is 0. The van der Waals surface area contributed by atoms with Crippen molar-refractivity contribution in [3.05, 3.63) is 34.6 Å². The first-order valence-electron chi connectivity index (χ1n) is 5.61. The Balaban J connectivity index is 2.57. The summed E-state index contributed by atoms with van der Waals surface area (Å²) in [7, 11) is 1.25. The number of rotatable bonds is 2. The van der Waals surface area contributed by atoms with Crippen molar-refractivity contribution in [1.29, 1.82) is 0 Å². The second-order valence-corrected chi connectivity index (χ2v) is 4.77. The summed E-state index contributed by atoms with van der Waals surface area (Å²) in [6.07, 6.45) is 0.181. The summed E-state index contributed by atoms with van der Waals surface area (Å²) in [5.74, 6) is -10.1. The van der Waals surface area contributed by atoms with Crippen LogP contribution in [0.25, 0.3) is 0 Å². The lowest BCUT2D eigenvalue weighted by Gasteiger charge is -2.19. The number of carbonyl (C=O) groups excluding carboxylic acids is 1. The normalized spacial score (nSPS) is 27.1. The third-order valence-electron chi connectivity index (χ3n) is 3.22. The molecule has 0 unspecified atom stereocenters. The molecule has 0 spiro atoms. The molecule has 110 valence electrons. The number of halogens is 5. The average Bonchev–Trinajstić information content (AvgIpc) is 2.71. The lowest BCUT2D eigenvalue weighted by molar-refractivity contribution is -0.182. The number of hydroxylamine groups is 2. The van der Waals surface area contributed by atoms with Gasteiger partial charge in [-0.25, -0.2) is 22.0 Å². The molecule has 0 amide bonds. The van der Waals surface area contributed by atoms with Crippen LogP contribution in [0.15, 0.2) is 0 Å². The van der Waals surface area contributed by atoms with Crippen LogP contribution in [0.1, 0.15) is 24.9 Å². The first-order valence-corrected chi connectivity index (χ1v) is 5.61. The molecule has 0 radical (unpaired) electrons. The summed E-state index contributed by atoms with van der Waals surface area (Å²) in [4.78, 5) is 15.9. The van der Waals surface area contributed by atoms with Gasteiger partial charge in [0.2, 0.25) is 5.82 Å². The van der Waals surface area contributed by atoms with E-state index in [-0.39, 0.29) is 6.42 Å². The Labute approximate surface area is 110 Å². The number of benzene rings is 1. The molecular formula is C12H10F5NO2. The number of carbonyl (C=O) groups is 1. The lowest BCUT2D eigenvalue weighted by atomic mass is 9.94. The number of hydrogen-bond acceptors (Lipinski definition) is 3. The van der Waals surface area contributed by atoms with Crippen LogP contribution < -0.4 is 0 Å². The van der Waals surface area contributed by atoms with Gasteiger partial charge in [-0.2, -0.15) is 5.06 Å². The fourth-order valence-electron chi connectivity index (χ4n) is 2.21. The maximum Gasteiger partial charge on any atom is 0.200 e. The average molecular weight is 295 g/mol. The Kier molecular flexibility index (Phi) is 3.55. The van der Waals surface area contributed by atoms with Crippen molar-refractivity contribution in [3.63, 3.8) is 0 Å². The molecule has 1 fully saturated rings. The molecule has 1 aromatic carbocycles. The Morgan fingerprint density at radius 2 is 1.55 bits per heavy atom. The molecule has 1 aliphatic heterocycles. The molecule has 0 aliphatic carbocycles. The highest BCUT2D eigenvalue weighted by Crippen LogP contribution is 2.41. The van der Waals surface area contributed by atoms with Gasteiger partial charge in [0.15, 0.2) is 29.6 Å². The van der Waals surface area contributed by atoms with E-state index in [1.165, 1.54) is 14.0 Å². The molecule has 3 nitrogen and oxygen atoms in total. The van der Waals surface area contributed by atoms with E-state index in [9.17, 15) is 26.7 Å². The van der Waals surface area contributed by atoms with Gasteiger partial charge in [-0.3, -0.25) is 4.84 Å². The summed E-state index contributed by atoms with van der Waals surface area (Å²) in [6.45, 7) is 1.35. The van der Waals surface area contributed by atoms with Crippen molar-refractivity contribution in [2.75, 3.05) is 7.05 Å². The van der Waals surface area contributed by atoms with E-state index in [0.29, 0.717) is 6.29 Å².